The predicted molar refractivity (Wildman–Crippen MR) is 171 cm³/mol. The number of nitrogens with zero attached hydrogens (tertiary/aromatic N) is 3. The van der Waals surface area contributed by atoms with Crippen molar-refractivity contribution < 1.29 is 38.8 Å². The molecule has 11 nitrogen and oxygen atoms in total. The first-order valence-corrected chi connectivity index (χ1v) is 16.4. The molecule has 3 rings (SSSR count). The maximum atomic E-state index is 13.1. The van der Waals surface area contributed by atoms with Gasteiger partial charge >= 0.3 is 18.2 Å². The number of aliphatic hydroxyl groups is 2. The van der Waals surface area contributed by atoms with Crippen molar-refractivity contribution in [2.45, 2.75) is 90.6 Å². The lowest BCUT2D eigenvalue weighted by Crippen LogP contribution is -2.50. The third-order valence-electron chi connectivity index (χ3n) is 9.13. The number of cyclic esters (lactones) is 1. The first-order chi connectivity index (χ1) is 21.3. The van der Waals surface area contributed by atoms with Gasteiger partial charge in [0.1, 0.15) is 11.7 Å². The van der Waals surface area contributed by atoms with E-state index in [0.29, 0.717) is 32.5 Å². The molecule has 0 unspecified atom stereocenters. The van der Waals surface area contributed by atoms with Gasteiger partial charge in [0.05, 0.1) is 19.3 Å². The molecule has 2 N–H and O–H groups in total. The number of allylic oxidation sites excluding steroid dienone is 2. The van der Waals surface area contributed by atoms with E-state index in [-0.39, 0.29) is 49.4 Å². The Balaban J connectivity index is 1.70. The van der Waals surface area contributed by atoms with Gasteiger partial charge in [-0.3, -0.25) is 4.79 Å². The molecule has 3 heterocycles. The maximum absolute atomic E-state index is 13.1. The molecule has 0 radical (unpaired) electrons. The lowest BCUT2D eigenvalue weighted by atomic mass is 9.87. The first-order valence-electron chi connectivity index (χ1n) is 16.4. The van der Waals surface area contributed by atoms with Crippen molar-refractivity contribution in [2.75, 3.05) is 53.0 Å². The normalized spacial score (nSPS) is 32.4. The summed E-state index contributed by atoms with van der Waals surface area (Å²) >= 11 is 0. The lowest BCUT2D eigenvalue weighted by Gasteiger charge is -2.36. The number of carbonyl (C=O) groups excluding carboxylic acids is 3. The van der Waals surface area contributed by atoms with E-state index < -0.39 is 30.0 Å². The summed E-state index contributed by atoms with van der Waals surface area (Å²) in [6, 6.07) is -0.174. The fraction of sp³-hybridized carbons (Fsp3) is 0.735. The number of esters is 1. The van der Waals surface area contributed by atoms with Gasteiger partial charge in [0.15, 0.2) is 6.10 Å². The summed E-state index contributed by atoms with van der Waals surface area (Å²) in [6.45, 7) is 12.8. The largest absolute Gasteiger partial charge is 0.457 e. The Morgan fingerprint density at radius 2 is 1.84 bits per heavy atom. The number of ether oxygens (including phenoxy) is 3. The topological polar surface area (TPSA) is 129 Å². The third kappa shape index (κ3) is 11.1. The van der Waals surface area contributed by atoms with Crippen LogP contribution in [0.3, 0.4) is 0 Å². The summed E-state index contributed by atoms with van der Waals surface area (Å²) in [5.41, 5.74) is -0.488. The molecule has 254 valence electrons. The molecule has 0 aromatic rings. The number of hydrogen-bond donors (Lipinski definition) is 2. The van der Waals surface area contributed by atoms with Crippen LogP contribution in [0.1, 0.15) is 66.7 Å². The van der Waals surface area contributed by atoms with Gasteiger partial charge < -0.3 is 39.1 Å². The van der Waals surface area contributed by atoms with Gasteiger partial charge in [-0.15, -0.1) is 0 Å². The number of piperazine rings is 1. The minimum Gasteiger partial charge on any atom is -0.457 e. The van der Waals surface area contributed by atoms with E-state index in [4.69, 9.17) is 14.2 Å². The molecular weight excluding hydrogens is 578 g/mol. The van der Waals surface area contributed by atoms with Crippen LogP contribution >= 0.6 is 0 Å². The van der Waals surface area contributed by atoms with Crippen LogP contribution in [0.2, 0.25) is 0 Å². The lowest BCUT2D eigenvalue weighted by molar-refractivity contribution is -0.150. The van der Waals surface area contributed by atoms with Crippen LogP contribution in [0.4, 0.5) is 9.59 Å². The van der Waals surface area contributed by atoms with Gasteiger partial charge in [-0.2, -0.15) is 0 Å². The molecule has 3 aliphatic rings. The molecule has 3 aliphatic heterocycles. The Labute approximate surface area is 268 Å². The van der Waals surface area contributed by atoms with E-state index >= 15 is 0 Å². The van der Waals surface area contributed by atoms with E-state index in [9.17, 15) is 24.6 Å². The van der Waals surface area contributed by atoms with E-state index in [1.165, 1.54) is 0 Å². The average Bonchev–Trinajstić information content (AvgIpc) is 3.48. The summed E-state index contributed by atoms with van der Waals surface area (Å²) < 4.78 is 17.4. The van der Waals surface area contributed by atoms with Crippen LogP contribution in [0.25, 0.3) is 0 Å². The fourth-order valence-electron chi connectivity index (χ4n) is 5.89. The number of likely N-dealkylation sites (N-methyl/N-ethyl adjacent to an activating group) is 1. The minimum atomic E-state index is -1.31. The Hall–Kier alpha value is -2.89. The van der Waals surface area contributed by atoms with Gasteiger partial charge in [-0.05, 0) is 64.1 Å². The van der Waals surface area contributed by atoms with Crippen LogP contribution in [-0.2, 0) is 19.0 Å². The van der Waals surface area contributed by atoms with E-state index in [1.54, 1.807) is 22.8 Å². The molecule has 0 aliphatic carbocycles. The van der Waals surface area contributed by atoms with E-state index in [2.05, 4.69) is 4.90 Å². The summed E-state index contributed by atoms with van der Waals surface area (Å²) in [5, 5.41) is 20.9. The summed E-state index contributed by atoms with van der Waals surface area (Å²) in [7, 11) is 2.02. The Kier molecular flexibility index (Phi) is 13.9. The highest BCUT2D eigenvalue weighted by atomic mass is 16.6. The summed E-state index contributed by atoms with van der Waals surface area (Å²) in [5.74, 6) is -0.653. The van der Waals surface area contributed by atoms with Gasteiger partial charge in [0.2, 0.25) is 0 Å². The molecule has 0 aromatic carbocycles. The molecule has 0 spiro atoms. The van der Waals surface area contributed by atoms with Crippen LogP contribution in [-0.4, -0.2) is 120 Å². The molecule has 0 saturated carbocycles. The van der Waals surface area contributed by atoms with Crippen LogP contribution < -0.4 is 0 Å². The maximum Gasteiger partial charge on any atom is 0.410 e. The van der Waals surface area contributed by atoms with Crippen molar-refractivity contribution >= 4 is 18.2 Å². The number of hydrogen-bond acceptors (Lipinski definition) is 9. The van der Waals surface area contributed by atoms with Crippen molar-refractivity contribution in [1.82, 2.24) is 14.7 Å². The highest BCUT2D eigenvalue weighted by molar-refractivity contribution is 5.70. The SMILES string of the molecule is C/C(=C\C=C\[C@@H](C)COC(=O)N1CCC[C@H]1CO)[C@H]1OC(=O)C[C@H](C)CC[C@@](C)(O)[C@@H](OC(=O)N2CCN(C)CC2)/C=C/[C@@H]1C. The molecule has 0 bridgehead atoms. The number of amides is 2. The first kappa shape index (κ1) is 36.6. The molecule has 2 saturated heterocycles. The molecule has 11 heteroatoms. The third-order valence-corrected chi connectivity index (χ3v) is 9.13. The van der Waals surface area contributed by atoms with Crippen molar-refractivity contribution in [3.8, 4) is 0 Å². The van der Waals surface area contributed by atoms with Gasteiger partial charge in [-0.1, -0.05) is 45.1 Å². The van der Waals surface area contributed by atoms with Gasteiger partial charge in [-0.25, -0.2) is 9.59 Å². The highest BCUT2D eigenvalue weighted by Gasteiger charge is 2.36. The zero-order valence-electron chi connectivity index (χ0n) is 28.0. The standard InChI is InChI=1S/C34H55N3O8/c1-24-14-15-34(5,42)29(44-32(40)36-19-17-35(6)18-20-36)13-12-27(4)31(45-30(39)21-24)26(3)10-7-9-25(2)23-43-33(41)37-16-8-11-28(37)22-38/h7,9-10,12-13,24-25,27-29,31,38,42H,8,11,14-23H2,1-6H3/b9-7+,13-12+,26-10+/t24-,25-,27+,28+,29+,31-,34-/m1/s1. The summed E-state index contributed by atoms with van der Waals surface area (Å²) in [4.78, 5) is 43.8. The molecule has 0 aromatic heterocycles. The second-order valence-electron chi connectivity index (χ2n) is 13.5. The Morgan fingerprint density at radius 3 is 2.53 bits per heavy atom. The molecular formula is C34H55N3O8. The number of likely N-dealkylation sites (tertiary alicyclic amines) is 1. The number of rotatable bonds is 7. The minimum absolute atomic E-state index is 0.0294. The van der Waals surface area contributed by atoms with Crippen molar-refractivity contribution in [3.05, 3.63) is 36.0 Å². The van der Waals surface area contributed by atoms with Crippen molar-refractivity contribution in [3.63, 3.8) is 0 Å². The second-order valence-corrected chi connectivity index (χ2v) is 13.5. The van der Waals surface area contributed by atoms with Crippen LogP contribution in [0.5, 0.6) is 0 Å². The number of carbonyl (C=O) groups is 3. The molecule has 7 atom stereocenters. The highest BCUT2D eigenvalue weighted by Crippen LogP contribution is 2.29. The second kappa shape index (κ2) is 17.1. The molecule has 2 amide bonds. The van der Waals surface area contributed by atoms with Crippen LogP contribution in [0.15, 0.2) is 36.0 Å². The Morgan fingerprint density at radius 1 is 1.13 bits per heavy atom. The predicted octanol–water partition coefficient (Wildman–Crippen LogP) is 4.15. The average molecular weight is 634 g/mol. The van der Waals surface area contributed by atoms with Gasteiger partial charge in [0.25, 0.3) is 0 Å². The number of aliphatic hydroxyl groups excluding tert-OH is 1. The summed E-state index contributed by atoms with van der Waals surface area (Å²) in [6.07, 6.45) is 9.77. The fourth-order valence-corrected chi connectivity index (χ4v) is 5.89. The zero-order valence-corrected chi connectivity index (χ0v) is 28.0. The van der Waals surface area contributed by atoms with Crippen molar-refractivity contribution in [1.29, 1.82) is 0 Å². The Bertz CT molecular complexity index is 1080. The monoisotopic (exact) mass is 633 g/mol. The van der Waals surface area contributed by atoms with Gasteiger partial charge in [0, 0.05) is 51.0 Å². The van der Waals surface area contributed by atoms with Crippen LogP contribution in [0, 0.1) is 17.8 Å². The smallest absolute Gasteiger partial charge is 0.410 e. The van der Waals surface area contributed by atoms with E-state index in [1.807, 2.05) is 59.0 Å². The molecule has 45 heavy (non-hydrogen) atoms. The quantitative estimate of drug-likeness (QED) is 0.184. The zero-order chi connectivity index (χ0) is 33.1. The van der Waals surface area contributed by atoms with E-state index in [0.717, 1.165) is 31.5 Å². The molecule has 2 fully saturated rings. The van der Waals surface area contributed by atoms with Crippen molar-refractivity contribution in [2.24, 2.45) is 17.8 Å².